The van der Waals surface area contributed by atoms with Crippen LogP contribution in [0.15, 0.2) is 4.52 Å². The minimum absolute atomic E-state index is 0.00275. The topological polar surface area (TPSA) is 64.9 Å². The van der Waals surface area contributed by atoms with Gasteiger partial charge in [0.15, 0.2) is 0 Å². The molecule has 1 aromatic heterocycles. The van der Waals surface area contributed by atoms with Crippen LogP contribution in [0.3, 0.4) is 0 Å². The van der Waals surface area contributed by atoms with Crippen molar-refractivity contribution in [3.63, 3.8) is 0 Å². The highest BCUT2D eigenvalue weighted by molar-refractivity contribution is 5.10. The van der Waals surface area contributed by atoms with Crippen LogP contribution >= 0.6 is 0 Å². The molecule has 0 saturated heterocycles. The fraction of sp³-hybridized carbons (Fsp3) is 0.800. The summed E-state index contributed by atoms with van der Waals surface area (Å²) in [6.45, 7) is 1.78. The van der Waals surface area contributed by atoms with Gasteiger partial charge in [0.2, 0.25) is 5.89 Å². The normalized spacial score (nSPS) is 30.5. The van der Waals surface area contributed by atoms with Crippen molar-refractivity contribution in [2.75, 3.05) is 0 Å². The average molecular weight is 249 g/mol. The third-order valence-electron chi connectivity index (χ3n) is 3.45. The molecule has 4 nitrogen and oxygen atoms in total. The van der Waals surface area contributed by atoms with Gasteiger partial charge in [-0.25, -0.2) is 0 Å². The highest BCUT2D eigenvalue weighted by Crippen LogP contribution is 2.38. The molecule has 1 saturated carbocycles. The Labute approximate surface area is 96.4 Å². The molecule has 2 N–H and O–H groups in total. The van der Waals surface area contributed by atoms with E-state index >= 15 is 0 Å². The smallest absolute Gasteiger partial charge is 0.338 e. The summed E-state index contributed by atoms with van der Waals surface area (Å²) in [5, 5.41) is 2.98. The van der Waals surface area contributed by atoms with Gasteiger partial charge >= 0.3 is 6.18 Å². The van der Waals surface area contributed by atoms with Gasteiger partial charge in [-0.15, -0.1) is 0 Å². The molecule has 1 fully saturated rings. The van der Waals surface area contributed by atoms with Crippen molar-refractivity contribution in [2.45, 2.75) is 50.2 Å². The van der Waals surface area contributed by atoms with Gasteiger partial charge in [0.1, 0.15) is 0 Å². The SMILES string of the molecule is CC1(c2nc(C(F)(F)F)no2)CCCCC1N. The molecule has 1 aliphatic rings. The Hall–Kier alpha value is -1.11. The molecule has 2 rings (SSSR count). The molecule has 0 bridgehead atoms. The number of hydrogen-bond acceptors (Lipinski definition) is 4. The zero-order valence-electron chi connectivity index (χ0n) is 9.42. The summed E-state index contributed by atoms with van der Waals surface area (Å²) >= 11 is 0. The number of rotatable bonds is 1. The van der Waals surface area contributed by atoms with Crippen molar-refractivity contribution in [1.82, 2.24) is 10.1 Å². The summed E-state index contributed by atoms with van der Waals surface area (Å²) in [7, 11) is 0. The first-order chi connectivity index (χ1) is 7.84. The van der Waals surface area contributed by atoms with Crippen LogP contribution in [0.2, 0.25) is 0 Å². The van der Waals surface area contributed by atoms with Gasteiger partial charge in [0, 0.05) is 6.04 Å². The molecule has 0 amide bonds. The van der Waals surface area contributed by atoms with Crippen molar-refractivity contribution < 1.29 is 17.7 Å². The molecule has 0 radical (unpaired) electrons. The first-order valence-corrected chi connectivity index (χ1v) is 5.51. The maximum Gasteiger partial charge on any atom is 0.455 e. The van der Waals surface area contributed by atoms with E-state index in [0.29, 0.717) is 6.42 Å². The fourth-order valence-electron chi connectivity index (χ4n) is 2.20. The molecule has 0 aliphatic heterocycles. The largest absolute Gasteiger partial charge is 0.455 e. The summed E-state index contributed by atoms with van der Waals surface area (Å²) in [5.41, 5.74) is 5.31. The summed E-state index contributed by atoms with van der Waals surface area (Å²) in [5.74, 6) is -1.23. The van der Waals surface area contributed by atoms with Crippen molar-refractivity contribution in [2.24, 2.45) is 5.73 Å². The number of nitrogens with zero attached hydrogens (tertiary/aromatic N) is 2. The van der Waals surface area contributed by atoms with Crippen LogP contribution in [0, 0.1) is 0 Å². The predicted octanol–water partition coefficient (Wildman–Crippen LogP) is 2.25. The van der Waals surface area contributed by atoms with Crippen LogP contribution < -0.4 is 5.73 Å². The Morgan fingerprint density at radius 3 is 2.65 bits per heavy atom. The predicted molar refractivity (Wildman–Crippen MR) is 53.1 cm³/mol. The summed E-state index contributed by atoms with van der Waals surface area (Å²) < 4.78 is 41.9. The molecule has 2 unspecified atom stereocenters. The fourth-order valence-corrected chi connectivity index (χ4v) is 2.20. The van der Waals surface area contributed by atoms with E-state index in [4.69, 9.17) is 10.3 Å². The Bertz CT molecular complexity index is 404. The van der Waals surface area contributed by atoms with E-state index in [0.717, 1.165) is 19.3 Å². The zero-order chi connectivity index (χ0) is 12.7. The molecule has 0 aromatic carbocycles. The van der Waals surface area contributed by atoms with E-state index in [9.17, 15) is 13.2 Å². The van der Waals surface area contributed by atoms with Crippen LogP contribution in [0.1, 0.15) is 44.3 Å². The Kier molecular flexibility index (Phi) is 2.89. The van der Waals surface area contributed by atoms with Gasteiger partial charge in [-0.1, -0.05) is 18.0 Å². The van der Waals surface area contributed by atoms with Gasteiger partial charge in [0.25, 0.3) is 5.82 Å². The summed E-state index contributed by atoms with van der Waals surface area (Å²) in [6, 6.07) is -0.238. The van der Waals surface area contributed by atoms with Gasteiger partial charge in [-0.2, -0.15) is 18.2 Å². The van der Waals surface area contributed by atoms with Gasteiger partial charge < -0.3 is 10.3 Å². The van der Waals surface area contributed by atoms with E-state index < -0.39 is 17.4 Å². The first kappa shape index (κ1) is 12.3. The lowest BCUT2D eigenvalue weighted by Gasteiger charge is -2.35. The zero-order valence-corrected chi connectivity index (χ0v) is 9.42. The second kappa shape index (κ2) is 3.97. The molecule has 2 atom stereocenters. The van der Waals surface area contributed by atoms with E-state index in [1.807, 2.05) is 0 Å². The number of nitrogens with two attached hydrogens (primary N) is 1. The monoisotopic (exact) mass is 249 g/mol. The second-order valence-electron chi connectivity index (χ2n) is 4.69. The molecule has 1 heterocycles. The van der Waals surface area contributed by atoms with Crippen LogP contribution in [-0.4, -0.2) is 16.2 Å². The second-order valence-corrected chi connectivity index (χ2v) is 4.69. The number of hydrogen-bond donors (Lipinski definition) is 1. The van der Waals surface area contributed by atoms with E-state index in [2.05, 4.69) is 10.1 Å². The Morgan fingerprint density at radius 2 is 2.12 bits per heavy atom. The van der Waals surface area contributed by atoms with Crippen LogP contribution in [-0.2, 0) is 11.6 Å². The van der Waals surface area contributed by atoms with Crippen molar-refractivity contribution in [3.05, 3.63) is 11.7 Å². The van der Waals surface area contributed by atoms with E-state index in [-0.39, 0.29) is 11.9 Å². The quantitative estimate of drug-likeness (QED) is 0.829. The maximum absolute atomic E-state index is 12.4. The van der Waals surface area contributed by atoms with Gasteiger partial charge in [-0.3, -0.25) is 0 Å². The first-order valence-electron chi connectivity index (χ1n) is 5.51. The molecular formula is C10H14F3N3O. The molecule has 1 aliphatic carbocycles. The average Bonchev–Trinajstić information content (AvgIpc) is 2.71. The van der Waals surface area contributed by atoms with Crippen molar-refractivity contribution >= 4 is 0 Å². The number of aromatic nitrogens is 2. The third-order valence-corrected chi connectivity index (χ3v) is 3.45. The van der Waals surface area contributed by atoms with Gasteiger partial charge in [0.05, 0.1) is 5.41 Å². The van der Waals surface area contributed by atoms with Crippen molar-refractivity contribution in [3.8, 4) is 0 Å². The lowest BCUT2D eigenvalue weighted by atomic mass is 9.72. The lowest BCUT2D eigenvalue weighted by molar-refractivity contribution is -0.146. The molecule has 1 aromatic rings. The third kappa shape index (κ3) is 2.15. The molecular weight excluding hydrogens is 235 g/mol. The highest BCUT2D eigenvalue weighted by atomic mass is 19.4. The van der Waals surface area contributed by atoms with Crippen molar-refractivity contribution in [1.29, 1.82) is 0 Å². The number of halogens is 3. The Morgan fingerprint density at radius 1 is 1.41 bits per heavy atom. The van der Waals surface area contributed by atoms with Crippen LogP contribution in [0.25, 0.3) is 0 Å². The molecule has 17 heavy (non-hydrogen) atoms. The van der Waals surface area contributed by atoms with E-state index in [1.165, 1.54) is 0 Å². The maximum atomic E-state index is 12.4. The molecule has 0 spiro atoms. The minimum Gasteiger partial charge on any atom is -0.338 e. The van der Waals surface area contributed by atoms with E-state index in [1.54, 1.807) is 6.92 Å². The molecule has 96 valence electrons. The summed E-state index contributed by atoms with van der Waals surface area (Å²) in [6.07, 6.45) is -1.24. The van der Waals surface area contributed by atoms with Crippen LogP contribution in [0.5, 0.6) is 0 Å². The minimum atomic E-state index is -4.57. The molecule has 7 heteroatoms. The van der Waals surface area contributed by atoms with Crippen LogP contribution in [0.4, 0.5) is 13.2 Å². The standard InChI is InChI=1S/C10H14F3N3O/c1-9(5-3-2-4-6(9)14)8-15-7(16-17-8)10(11,12)13/h6H,2-5,14H2,1H3. The van der Waals surface area contributed by atoms with Gasteiger partial charge in [-0.05, 0) is 19.8 Å². The number of alkyl halides is 3. The summed E-state index contributed by atoms with van der Waals surface area (Å²) in [4.78, 5) is 3.44. The highest BCUT2D eigenvalue weighted by Gasteiger charge is 2.44. The Balaban J connectivity index is 2.30. The lowest BCUT2D eigenvalue weighted by Crippen LogP contribution is -2.45.